The first-order valence-corrected chi connectivity index (χ1v) is 5.21. The number of phenolic OH excluding ortho intramolecular Hbond substituents is 1. The Morgan fingerprint density at radius 2 is 2.27 bits per heavy atom. The monoisotopic (exact) mass is 207 g/mol. The molecule has 1 unspecified atom stereocenters. The summed E-state index contributed by atoms with van der Waals surface area (Å²) in [5.41, 5.74) is 0.916. The molecule has 0 aromatic heterocycles. The van der Waals surface area contributed by atoms with Crippen LogP contribution in [0.1, 0.15) is 38.3 Å². The van der Waals surface area contributed by atoms with Gasteiger partial charge in [0.15, 0.2) is 0 Å². The Labute approximate surface area is 90.1 Å². The lowest BCUT2D eigenvalue weighted by molar-refractivity contribution is -0.121. The highest BCUT2D eigenvalue weighted by molar-refractivity contribution is 5.76. The maximum Gasteiger partial charge on any atom is 0.220 e. The molecule has 0 heterocycles. The van der Waals surface area contributed by atoms with Crippen LogP contribution in [0.5, 0.6) is 5.75 Å². The Balaban J connectivity index is 2.60. The Morgan fingerprint density at radius 1 is 1.53 bits per heavy atom. The normalized spacial score (nSPS) is 12.1. The SMILES string of the molecule is CCCC(=O)NC(C)c1cccc(O)c1. The number of phenols is 1. The van der Waals surface area contributed by atoms with Crippen LogP contribution in [0, 0.1) is 0 Å². The van der Waals surface area contributed by atoms with Gasteiger partial charge in [0.25, 0.3) is 0 Å². The molecule has 82 valence electrons. The number of hydrogen-bond acceptors (Lipinski definition) is 2. The number of rotatable bonds is 4. The van der Waals surface area contributed by atoms with E-state index in [2.05, 4.69) is 5.32 Å². The molecular formula is C12H17NO2. The lowest BCUT2D eigenvalue weighted by Gasteiger charge is -2.14. The fourth-order valence-corrected chi connectivity index (χ4v) is 1.42. The van der Waals surface area contributed by atoms with Crippen molar-refractivity contribution in [1.29, 1.82) is 0 Å². The maximum atomic E-state index is 11.3. The number of carbonyl (C=O) groups is 1. The van der Waals surface area contributed by atoms with E-state index in [1.807, 2.05) is 19.9 Å². The Kier molecular flexibility index (Phi) is 4.16. The van der Waals surface area contributed by atoms with Crippen LogP contribution >= 0.6 is 0 Å². The number of amides is 1. The minimum absolute atomic E-state index is 0.0494. The summed E-state index contributed by atoms with van der Waals surface area (Å²) in [5.74, 6) is 0.275. The molecule has 1 rings (SSSR count). The van der Waals surface area contributed by atoms with Crippen molar-refractivity contribution < 1.29 is 9.90 Å². The molecule has 0 fully saturated rings. The van der Waals surface area contributed by atoms with Crippen LogP contribution in [0.25, 0.3) is 0 Å². The van der Waals surface area contributed by atoms with Crippen molar-refractivity contribution in [2.45, 2.75) is 32.7 Å². The van der Waals surface area contributed by atoms with Gasteiger partial charge < -0.3 is 10.4 Å². The van der Waals surface area contributed by atoms with Gasteiger partial charge in [-0.05, 0) is 31.0 Å². The van der Waals surface area contributed by atoms with Crippen molar-refractivity contribution in [3.8, 4) is 5.75 Å². The molecule has 1 atom stereocenters. The molecule has 0 bridgehead atoms. The second kappa shape index (κ2) is 5.39. The average Bonchev–Trinajstić information content (AvgIpc) is 2.18. The van der Waals surface area contributed by atoms with Gasteiger partial charge in [0.2, 0.25) is 5.91 Å². The number of aromatic hydroxyl groups is 1. The first-order chi connectivity index (χ1) is 7.13. The van der Waals surface area contributed by atoms with Crippen molar-refractivity contribution in [2.75, 3.05) is 0 Å². The average molecular weight is 207 g/mol. The van der Waals surface area contributed by atoms with E-state index < -0.39 is 0 Å². The topological polar surface area (TPSA) is 49.3 Å². The van der Waals surface area contributed by atoms with Gasteiger partial charge in [-0.1, -0.05) is 19.1 Å². The Morgan fingerprint density at radius 3 is 2.87 bits per heavy atom. The lowest BCUT2D eigenvalue weighted by Crippen LogP contribution is -2.26. The van der Waals surface area contributed by atoms with E-state index in [0.29, 0.717) is 6.42 Å². The summed E-state index contributed by atoms with van der Waals surface area (Å²) in [6.45, 7) is 3.88. The fourth-order valence-electron chi connectivity index (χ4n) is 1.42. The molecule has 0 spiro atoms. The predicted molar refractivity (Wildman–Crippen MR) is 59.6 cm³/mol. The Bertz CT molecular complexity index is 336. The quantitative estimate of drug-likeness (QED) is 0.796. The molecule has 3 heteroatoms. The highest BCUT2D eigenvalue weighted by Crippen LogP contribution is 2.17. The minimum atomic E-state index is -0.0591. The number of nitrogens with one attached hydrogen (secondary N) is 1. The van der Waals surface area contributed by atoms with Crippen LogP contribution in [-0.2, 0) is 4.79 Å². The van der Waals surface area contributed by atoms with Gasteiger partial charge in [-0.15, -0.1) is 0 Å². The van der Waals surface area contributed by atoms with Gasteiger partial charge in [-0.25, -0.2) is 0 Å². The molecule has 15 heavy (non-hydrogen) atoms. The molecule has 2 N–H and O–H groups in total. The van der Waals surface area contributed by atoms with Crippen LogP contribution in [0.4, 0.5) is 0 Å². The van der Waals surface area contributed by atoms with E-state index in [-0.39, 0.29) is 17.7 Å². The summed E-state index contributed by atoms with van der Waals surface area (Å²) in [4.78, 5) is 11.3. The van der Waals surface area contributed by atoms with E-state index >= 15 is 0 Å². The third-order valence-corrected chi connectivity index (χ3v) is 2.22. The van der Waals surface area contributed by atoms with Crippen molar-refractivity contribution in [3.63, 3.8) is 0 Å². The van der Waals surface area contributed by atoms with E-state index in [4.69, 9.17) is 0 Å². The second-order valence-electron chi connectivity index (χ2n) is 3.63. The molecule has 1 amide bonds. The molecule has 0 radical (unpaired) electrons. The summed E-state index contributed by atoms with van der Waals surface area (Å²) in [7, 11) is 0. The molecule has 1 aromatic carbocycles. The standard InChI is InChI=1S/C12H17NO2/c1-3-5-12(15)13-9(2)10-6-4-7-11(14)8-10/h4,6-9,14H,3,5H2,1-2H3,(H,13,15). The summed E-state index contributed by atoms with van der Waals surface area (Å²) in [6.07, 6.45) is 1.39. The molecule has 0 saturated heterocycles. The first-order valence-electron chi connectivity index (χ1n) is 5.21. The molecule has 0 aliphatic rings. The third-order valence-electron chi connectivity index (χ3n) is 2.22. The lowest BCUT2D eigenvalue weighted by atomic mass is 10.1. The van der Waals surface area contributed by atoms with Gasteiger partial charge in [-0.3, -0.25) is 4.79 Å². The predicted octanol–water partition coefficient (Wildman–Crippen LogP) is 2.37. The number of carbonyl (C=O) groups excluding carboxylic acids is 1. The second-order valence-corrected chi connectivity index (χ2v) is 3.63. The minimum Gasteiger partial charge on any atom is -0.508 e. The number of hydrogen-bond donors (Lipinski definition) is 2. The molecule has 0 aliphatic heterocycles. The summed E-state index contributed by atoms with van der Waals surface area (Å²) in [6, 6.07) is 6.88. The summed E-state index contributed by atoms with van der Waals surface area (Å²) < 4.78 is 0. The highest BCUT2D eigenvalue weighted by atomic mass is 16.3. The fraction of sp³-hybridized carbons (Fsp3) is 0.417. The zero-order valence-electron chi connectivity index (χ0n) is 9.16. The smallest absolute Gasteiger partial charge is 0.220 e. The van der Waals surface area contributed by atoms with Gasteiger partial charge in [0.05, 0.1) is 6.04 Å². The largest absolute Gasteiger partial charge is 0.508 e. The molecule has 0 aliphatic carbocycles. The van der Waals surface area contributed by atoms with E-state index in [9.17, 15) is 9.90 Å². The van der Waals surface area contributed by atoms with Gasteiger partial charge in [0.1, 0.15) is 5.75 Å². The van der Waals surface area contributed by atoms with Crippen molar-refractivity contribution in [2.24, 2.45) is 0 Å². The third kappa shape index (κ3) is 3.62. The highest BCUT2D eigenvalue weighted by Gasteiger charge is 2.08. The molecule has 0 saturated carbocycles. The zero-order valence-corrected chi connectivity index (χ0v) is 9.16. The van der Waals surface area contributed by atoms with Crippen molar-refractivity contribution >= 4 is 5.91 Å². The van der Waals surface area contributed by atoms with E-state index in [0.717, 1.165) is 12.0 Å². The summed E-state index contributed by atoms with van der Waals surface area (Å²) >= 11 is 0. The van der Waals surface area contributed by atoms with E-state index in [1.165, 1.54) is 0 Å². The molecule has 1 aromatic rings. The van der Waals surface area contributed by atoms with Gasteiger partial charge >= 0.3 is 0 Å². The maximum absolute atomic E-state index is 11.3. The molecular weight excluding hydrogens is 190 g/mol. The summed E-state index contributed by atoms with van der Waals surface area (Å²) in [5, 5.41) is 12.2. The van der Waals surface area contributed by atoms with Gasteiger partial charge in [0, 0.05) is 6.42 Å². The zero-order chi connectivity index (χ0) is 11.3. The molecule has 3 nitrogen and oxygen atoms in total. The number of benzene rings is 1. The Hall–Kier alpha value is -1.51. The van der Waals surface area contributed by atoms with Crippen LogP contribution in [0.15, 0.2) is 24.3 Å². The van der Waals surface area contributed by atoms with Crippen LogP contribution in [0.2, 0.25) is 0 Å². The first kappa shape index (κ1) is 11.6. The van der Waals surface area contributed by atoms with Crippen LogP contribution in [0.3, 0.4) is 0 Å². The van der Waals surface area contributed by atoms with Gasteiger partial charge in [-0.2, -0.15) is 0 Å². The van der Waals surface area contributed by atoms with E-state index in [1.54, 1.807) is 18.2 Å². The van der Waals surface area contributed by atoms with Crippen LogP contribution < -0.4 is 5.32 Å². The van der Waals surface area contributed by atoms with Crippen molar-refractivity contribution in [1.82, 2.24) is 5.32 Å². The van der Waals surface area contributed by atoms with Crippen molar-refractivity contribution in [3.05, 3.63) is 29.8 Å². The van der Waals surface area contributed by atoms with Crippen LogP contribution in [-0.4, -0.2) is 11.0 Å².